The van der Waals surface area contributed by atoms with Crippen molar-refractivity contribution in [1.29, 1.82) is 0 Å². The smallest absolute Gasteiger partial charge is 0.222 e. The summed E-state index contributed by atoms with van der Waals surface area (Å²) in [5.74, 6) is 0.680. The predicted octanol–water partition coefficient (Wildman–Crippen LogP) is 2.02. The summed E-state index contributed by atoms with van der Waals surface area (Å²) >= 11 is 0. The zero-order valence-electron chi connectivity index (χ0n) is 12.7. The highest BCUT2D eigenvalue weighted by Crippen LogP contribution is 2.10. The van der Waals surface area contributed by atoms with Crippen LogP contribution in [-0.4, -0.2) is 32.4 Å². The summed E-state index contributed by atoms with van der Waals surface area (Å²) in [6, 6.07) is 5.94. The molecule has 0 fully saturated rings. The fraction of sp³-hybridized carbons (Fsp3) is 0.312. The van der Waals surface area contributed by atoms with Crippen molar-refractivity contribution in [1.82, 2.24) is 24.7 Å². The number of fused-ring (bicyclic) bond motifs is 1. The zero-order chi connectivity index (χ0) is 15.2. The van der Waals surface area contributed by atoms with Crippen LogP contribution in [-0.2, 0) is 6.54 Å². The third kappa shape index (κ3) is 3.40. The van der Waals surface area contributed by atoms with E-state index >= 15 is 0 Å². The number of pyridine rings is 1. The summed E-state index contributed by atoms with van der Waals surface area (Å²) in [6.45, 7) is 4.67. The number of imidazole rings is 1. The summed E-state index contributed by atoms with van der Waals surface area (Å²) in [5, 5.41) is 6.64. The lowest BCUT2D eigenvalue weighted by molar-refractivity contribution is 0.649. The van der Waals surface area contributed by atoms with E-state index in [9.17, 15) is 0 Å². The Bertz CT molecular complexity index is 722. The fourth-order valence-corrected chi connectivity index (χ4v) is 2.35. The molecule has 114 valence electrons. The van der Waals surface area contributed by atoms with E-state index in [-0.39, 0.29) is 0 Å². The highest BCUT2D eigenvalue weighted by molar-refractivity contribution is 5.48. The molecule has 0 atom stereocenters. The van der Waals surface area contributed by atoms with E-state index in [2.05, 4.69) is 55.2 Å². The zero-order valence-corrected chi connectivity index (χ0v) is 12.7. The number of hydrogen-bond acceptors (Lipinski definition) is 5. The molecule has 0 bridgehead atoms. The maximum Gasteiger partial charge on any atom is 0.222 e. The van der Waals surface area contributed by atoms with Crippen LogP contribution in [0.5, 0.6) is 0 Å². The molecule has 22 heavy (non-hydrogen) atoms. The Morgan fingerprint density at radius 3 is 2.82 bits per heavy atom. The Hall–Kier alpha value is -2.47. The number of nitrogens with zero attached hydrogens (tertiary/aromatic N) is 4. The lowest BCUT2D eigenvalue weighted by Crippen LogP contribution is -2.19. The van der Waals surface area contributed by atoms with Crippen LogP contribution in [0.3, 0.4) is 0 Å². The molecule has 0 saturated carbocycles. The van der Waals surface area contributed by atoms with Crippen LogP contribution >= 0.6 is 0 Å². The highest BCUT2D eigenvalue weighted by atomic mass is 15.1. The van der Waals surface area contributed by atoms with Gasteiger partial charge in [0, 0.05) is 31.7 Å². The fourth-order valence-electron chi connectivity index (χ4n) is 2.35. The molecule has 3 aromatic heterocycles. The second-order valence-corrected chi connectivity index (χ2v) is 5.16. The maximum absolute atomic E-state index is 4.47. The van der Waals surface area contributed by atoms with Crippen LogP contribution in [0.2, 0.25) is 0 Å². The lowest BCUT2D eigenvalue weighted by atomic mass is 10.3. The molecule has 0 saturated heterocycles. The predicted molar refractivity (Wildman–Crippen MR) is 86.8 cm³/mol. The normalized spacial score (nSPS) is 11.0. The van der Waals surface area contributed by atoms with Crippen LogP contribution in [0.1, 0.15) is 17.7 Å². The van der Waals surface area contributed by atoms with E-state index in [0.29, 0.717) is 5.95 Å². The van der Waals surface area contributed by atoms with Crippen molar-refractivity contribution in [2.75, 3.05) is 18.4 Å². The van der Waals surface area contributed by atoms with Crippen molar-refractivity contribution >= 4 is 11.6 Å². The number of aromatic nitrogens is 4. The minimum Gasteiger partial charge on any atom is -0.354 e. The largest absolute Gasteiger partial charge is 0.354 e. The van der Waals surface area contributed by atoms with Gasteiger partial charge in [0.1, 0.15) is 5.65 Å². The van der Waals surface area contributed by atoms with E-state index in [1.165, 1.54) is 11.3 Å². The van der Waals surface area contributed by atoms with Crippen molar-refractivity contribution in [3.05, 3.63) is 54.2 Å². The summed E-state index contributed by atoms with van der Waals surface area (Å²) in [5.41, 5.74) is 3.40. The monoisotopic (exact) mass is 296 g/mol. The Morgan fingerprint density at radius 1 is 1.09 bits per heavy atom. The first-order valence-electron chi connectivity index (χ1n) is 7.48. The molecule has 0 aromatic carbocycles. The molecule has 3 aromatic rings. The molecule has 0 aliphatic carbocycles. The van der Waals surface area contributed by atoms with Crippen LogP contribution < -0.4 is 10.6 Å². The number of rotatable bonds is 7. The summed E-state index contributed by atoms with van der Waals surface area (Å²) in [4.78, 5) is 12.7. The Balaban J connectivity index is 1.42. The quantitative estimate of drug-likeness (QED) is 0.653. The third-order valence-corrected chi connectivity index (χ3v) is 3.49. The van der Waals surface area contributed by atoms with Crippen LogP contribution in [0.15, 0.2) is 43.0 Å². The average molecular weight is 296 g/mol. The molecule has 3 heterocycles. The molecule has 6 nitrogen and oxygen atoms in total. The van der Waals surface area contributed by atoms with Gasteiger partial charge in [-0.2, -0.15) is 0 Å². The molecule has 3 rings (SSSR count). The van der Waals surface area contributed by atoms with Gasteiger partial charge in [0.25, 0.3) is 0 Å². The first-order valence-corrected chi connectivity index (χ1v) is 7.48. The molecule has 6 heteroatoms. The first-order chi connectivity index (χ1) is 10.8. The number of anilines is 1. The van der Waals surface area contributed by atoms with Crippen molar-refractivity contribution in [2.45, 2.75) is 19.9 Å². The molecular formula is C16H20N6. The minimum atomic E-state index is 0.680. The molecule has 0 aliphatic rings. The van der Waals surface area contributed by atoms with Gasteiger partial charge in [-0.3, -0.25) is 0 Å². The molecule has 0 aliphatic heterocycles. The number of aryl methyl sites for hydroxylation is 1. The van der Waals surface area contributed by atoms with Crippen molar-refractivity contribution in [3.8, 4) is 0 Å². The van der Waals surface area contributed by atoms with Crippen LogP contribution in [0.4, 0.5) is 5.95 Å². The van der Waals surface area contributed by atoms with Gasteiger partial charge in [-0.15, -0.1) is 0 Å². The van der Waals surface area contributed by atoms with E-state index in [1.807, 2.05) is 12.3 Å². The van der Waals surface area contributed by atoms with Crippen molar-refractivity contribution in [3.63, 3.8) is 0 Å². The van der Waals surface area contributed by atoms with Gasteiger partial charge in [-0.05, 0) is 37.6 Å². The molecule has 0 radical (unpaired) electrons. The average Bonchev–Trinajstić information content (AvgIpc) is 2.96. The Kier molecular flexibility index (Phi) is 4.60. The molecule has 2 N–H and O–H groups in total. The van der Waals surface area contributed by atoms with Gasteiger partial charge >= 0.3 is 0 Å². The van der Waals surface area contributed by atoms with Crippen molar-refractivity contribution in [2.24, 2.45) is 0 Å². The number of hydrogen-bond donors (Lipinski definition) is 2. The summed E-state index contributed by atoms with van der Waals surface area (Å²) < 4.78 is 2.14. The van der Waals surface area contributed by atoms with Gasteiger partial charge in [-0.25, -0.2) is 15.0 Å². The standard InChI is InChI=1S/C16H20N6/c1-13-5-2-10-22-14(12-21-15(13)22)11-17-6-3-7-18-16-19-8-4-9-20-16/h2,4-5,8-10,12,17H,3,6-7,11H2,1H3,(H,18,19,20). The molecular weight excluding hydrogens is 276 g/mol. The summed E-state index contributed by atoms with van der Waals surface area (Å²) in [7, 11) is 0. The number of nitrogens with one attached hydrogen (secondary N) is 2. The second kappa shape index (κ2) is 7.00. The molecule has 0 spiro atoms. The topological polar surface area (TPSA) is 67.1 Å². The van der Waals surface area contributed by atoms with E-state index < -0.39 is 0 Å². The summed E-state index contributed by atoms with van der Waals surface area (Å²) in [6.07, 6.45) is 8.47. The van der Waals surface area contributed by atoms with E-state index in [4.69, 9.17) is 0 Å². The Labute approximate surface area is 129 Å². The van der Waals surface area contributed by atoms with Gasteiger partial charge in [-0.1, -0.05) is 6.07 Å². The van der Waals surface area contributed by atoms with Crippen LogP contribution in [0.25, 0.3) is 5.65 Å². The minimum absolute atomic E-state index is 0.680. The van der Waals surface area contributed by atoms with Gasteiger partial charge in [0.05, 0.1) is 11.9 Å². The van der Waals surface area contributed by atoms with Gasteiger partial charge < -0.3 is 15.0 Å². The van der Waals surface area contributed by atoms with Gasteiger partial charge in [0.2, 0.25) is 5.95 Å². The molecule has 0 amide bonds. The highest BCUT2D eigenvalue weighted by Gasteiger charge is 2.04. The van der Waals surface area contributed by atoms with Crippen molar-refractivity contribution < 1.29 is 0 Å². The molecule has 0 unspecified atom stereocenters. The maximum atomic E-state index is 4.47. The lowest BCUT2D eigenvalue weighted by Gasteiger charge is -2.06. The third-order valence-electron chi connectivity index (χ3n) is 3.49. The SMILES string of the molecule is Cc1cccn2c(CNCCCNc3ncccn3)cnc12. The van der Waals surface area contributed by atoms with E-state index in [0.717, 1.165) is 31.7 Å². The van der Waals surface area contributed by atoms with Crippen LogP contribution in [0, 0.1) is 6.92 Å². The van der Waals surface area contributed by atoms with E-state index in [1.54, 1.807) is 12.4 Å². The van der Waals surface area contributed by atoms with Gasteiger partial charge in [0.15, 0.2) is 0 Å². The second-order valence-electron chi connectivity index (χ2n) is 5.16. The Morgan fingerprint density at radius 2 is 1.95 bits per heavy atom. The first kappa shape index (κ1) is 14.5.